The van der Waals surface area contributed by atoms with Crippen molar-refractivity contribution in [3.8, 4) is 0 Å². The maximum atomic E-state index is 11.1. The average Bonchev–Trinajstić information content (AvgIpc) is 2.24. The van der Waals surface area contributed by atoms with E-state index in [1.807, 2.05) is 0 Å². The van der Waals surface area contributed by atoms with Gasteiger partial charge in [-0.05, 0) is 26.2 Å². The van der Waals surface area contributed by atoms with Crippen molar-refractivity contribution in [1.29, 1.82) is 0 Å². The maximum absolute atomic E-state index is 11.1. The third-order valence-electron chi connectivity index (χ3n) is 2.68. The molecule has 1 saturated carbocycles. The molecule has 1 N–H and O–H groups in total. The first-order chi connectivity index (χ1) is 5.63. The van der Waals surface area contributed by atoms with Gasteiger partial charge < -0.3 is 9.84 Å². The summed E-state index contributed by atoms with van der Waals surface area (Å²) in [6.45, 7) is 1.72. The fourth-order valence-electron chi connectivity index (χ4n) is 1.96. The zero-order valence-electron chi connectivity index (χ0n) is 7.09. The van der Waals surface area contributed by atoms with Gasteiger partial charge >= 0.3 is 5.97 Å². The predicted molar refractivity (Wildman–Crippen MR) is 42.2 cm³/mol. The van der Waals surface area contributed by atoms with E-state index in [2.05, 4.69) is 0 Å². The second kappa shape index (κ2) is 2.33. The number of carbonyl (C=O) groups is 1. The van der Waals surface area contributed by atoms with Crippen LogP contribution >= 0.6 is 0 Å². The molecule has 1 unspecified atom stereocenters. The Morgan fingerprint density at radius 3 is 2.92 bits per heavy atom. The number of aliphatic hydroxyl groups is 1. The standard InChI is InChI=1S/C9H12O3/c1-6-7-4-2-3-5-9(7,11)12-8(6)10/h11H,2-5H2,1H3. The van der Waals surface area contributed by atoms with E-state index in [4.69, 9.17) is 4.74 Å². The van der Waals surface area contributed by atoms with Crippen LogP contribution in [-0.2, 0) is 9.53 Å². The van der Waals surface area contributed by atoms with Crippen molar-refractivity contribution >= 4 is 5.97 Å². The summed E-state index contributed by atoms with van der Waals surface area (Å²) in [5, 5.41) is 9.85. The van der Waals surface area contributed by atoms with Gasteiger partial charge in [0.05, 0.1) is 0 Å². The summed E-state index contributed by atoms with van der Waals surface area (Å²) in [4.78, 5) is 11.1. The molecule has 0 aromatic heterocycles. The Kier molecular flexibility index (Phi) is 1.51. The molecule has 0 aromatic carbocycles. The Morgan fingerprint density at radius 2 is 2.25 bits per heavy atom. The highest BCUT2D eigenvalue weighted by Crippen LogP contribution is 2.41. The van der Waals surface area contributed by atoms with E-state index in [-0.39, 0.29) is 5.97 Å². The lowest BCUT2D eigenvalue weighted by Gasteiger charge is -2.28. The van der Waals surface area contributed by atoms with E-state index in [9.17, 15) is 9.90 Å². The lowest BCUT2D eigenvalue weighted by Crippen LogP contribution is -2.33. The first-order valence-corrected chi connectivity index (χ1v) is 4.29. The number of esters is 1. The predicted octanol–water partition coefficient (Wildman–Crippen LogP) is 1.12. The van der Waals surface area contributed by atoms with Gasteiger partial charge in [0.1, 0.15) is 0 Å². The molecule has 0 aromatic rings. The fourth-order valence-corrected chi connectivity index (χ4v) is 1.96. The normalized spacial score (nSPS) is 35.0. The maximum Gasteiger partial charge on any atom is 0.336 e. The van der Waals surface area contributed by atoms with Crippen molar-refractivity contribution in [2.45, 2.75) is 38.4 Å². The number of hydrogen-bond acceptors (Lipinski definition) is 3. The summed E-state index contributed by atoms with van der Waals surface area (Å²) in [6.07, 6.45) is 3.34. The van der Waals surface area contributed by atoms with E-state index in [1.165, 1.54) is 0 Å². The zero-order chi connectivity index (χ0) is 8.77. The monoisotopic (exact) mass is 168 g/mol. The molecule has 0 bridgehead atoms. The van der Waals surface area contributed by atoms with Crippen molar-refractivity contribution in [2.75, 3.05) is 0 Å². The number of carbonyl (C=O) groups excluding carboxylic acids is 1. The molecule has 66 valence electrons. The van der Waals surface area contributed by atoms with Crippen LogP contribution in [0.5, 0.6) is 0 Å². The topological polar surface area (TPSA) is 46.5 Å². The molecule has 3 nitrogen and oxygen atoms in total. The smallest absolute Gasteiger partial charge is 0.336 e. The second-order valence-corrected chi connectivity index (χ2v) is 3.48. The summed E-state index contributed by atoms with van der Waals surface area (Å²) < 4.78 is 4.91. The van der Waals surface area contributed by atoms with Crippen molar-refractivity contribution in [1.82, 2.24) is 0 Å². The van der Waals surface area contributed by atoms with Gasteiger partial charge in [0.2, 0.25) is 5.79 Å². The van der Waals surface area contributed by atoms with Gasteiger partial charge in [-0.1, -0.05) is 0 Å². The van der Waals surface area contributed by atoms with Crippen LogP contribution in [0.15, 0.2) is 11.1 Å². The average molecular weight is 168 g/mol. The summed E-state index contributed by atoms with van der Waals surface area (Å²) in [6, 6.07) is 0. The Labute approximate surface area is 71.0 Å². The summed E-state index contributed by atoms with van der Waals surface area (Å²) in [5.41, 5.74) is 1.41. The molecule has 1 atom stereocenters. The first-order valence-electron chi connectivity index (χ1n) is 4.29. The van der Waals surface area contributed by atoms with Crippen molar-refractivity contribution in [3.05, 3.63) is 11.1 Å². The molecule has 0 radical (unpaired) electrons. The van der Waals surface area contributed by atoms with Crippen LogP contribution in [0.4, 0.5) is 0 Å². The lowest BCUT2D eigenvalue weighted by atomic mass is 9.88. The van der Waals surface area contributed by atoms with Gasteiger partial charge in [-0.2, -0.15) is 0 Å². The van der Waals surface area contributed by atoms with Crippen LogP contribution in [0.25, 0.3) is 0 Å². The largest absolute Gasteiger partial charge is 0.426 e. The van der Waals surface area contributed by atoms with Gasteiger partial charge in [-0.15, -0.1) is 0 Å². The van der Waals surface area contributed by atoms with E-state index < -0.39 is 5.79 Å². The van der Waals surface area contributed by atoms with Gasteiger partial charge in [0.15, 0.2) is 0 Å². The molecule has 2 aliphatic rings. The highest BCUT2D eigenvalue weighted by molar-refractivity contribution is 5.92. The molecular weight excluding hydrogens is 156 g/mol. The number of rotatable bonds is 0. The summed E-state index contributed by atoms with van der Waals surface area (Å²) in [5.74, 6) is -1.59. The van der Waals surface area contributed by atoms with E-state index in [0.29, 0.717) is 12.0 Å². The van der Waals surface area contributed by atoms with Crippen LogP contribution in [0.3, 0.4) is 0 Å². The molecule has 3 heteroatoms. The molecule has 0 spiro atoms. The number of hydrogen-bond donors (Lipinski definition) is 1. The summed E-state index contributed by atoms with van der Waals surface area (Å²) in [7, 11) is 0. The number of fused-ring (bicyclic) bond motifs is 1. The quantitative estimate of drug-likeness (QED) is 0.551. The van der Waals surface area contributed by atoms with Crippen LogP contribution in [-0.4, -0.2) is 16.9 Å². The molecule has 12 heavy (non-hydrogen) atoms. The van der Waals surface area contributed by atoms with E-state index >= 15 is 0 Å². The van der Waals surface area contributed by atoms with Crippen LogP contribution in [0.1, 0.15) is 32.6 Å². The second-order valence-electron chi connectivity index (χ2n) is 3.48. The molecule has 2 rings (SSSR count). The van der Waals surface area contributed by atoms with Crippen molar-refractivity contribution < 1.29 is 14.6 Å². The highest BCUT2D eigenvalue weighted by atomic mass is 16.7. The van der Waals surface area contributed by atoms with Crippen LogP contribution in [0, 0.1) is 0 Å². The zero-order valence-corrected chi connectivity index (χ0v) is 7.09. The van der Waals surface area contributed by atoms with E-state index in [1.54, 1.807) is 6.92 Å². The van der Waals surface area contributed by atoms with Crippen LogP contribution in [0.2, 0.25) is 0 Å². The van der Waals surface area contributed by atoms with Gasteiger partial charge in [0.25, 0.3) is 0 Å². The van der Waals surface area contributed by atoms with Crippen molar-refractivity contribution in [2.24, 2.45) is 0 Å². The minimum Gasteiger partial charge on any atom is -0.426 e. The molecular formula is C9H12O3. The molecule has 1 heterocycles. The van der Waals surface area contributed by atoms with Crippen molar-refractivity contribution in [3.63, 3.8) is 0 Å². The molecule has 1 aliphatic heterocycles. The molecule has 1 fully saturated rings. The minimum absolute atomic E-state index is 0.352. The Morgan fingerprint density at radius 1 is 1.50 bits per heavy atom. The third kappa shape index (κ3) is 0.894. The molecule has 0 amide bonds. The Bertz CT molecular complexity index is 267. The van der Waals surface area contributed by atoms with Gasteiger partial charge in [0, 0.05) is 17.6 Å². The fraction of sp³-hybridized carbons (Fsp3) is 0.667. The SMILES string of the molecule is CC1=C2CCCCC2(O)OC1=O. The lowest BCUT2D eigenvalue weighted by molar-refractivity contribution is -0.186. The van der Waals surface area contributed by atoms with Gasteiger partial charge in [-0.25, -0.2) is 4.79 Å². The summed E-state index contributed by atoms with van der Waals surface area (Å²) >= 11 is 0. The number of ether oxygens (including phenoxy) is 1. The third-order valence-corrected chi connectivity index (χ3v) is 2.68. The molecule has 0 saturated heterocycles. The molecule has 1 aliphatic carbocycles. The Balaban J connectivity index is 2.40. The van der Waals surface area contributed by atoms with Crippen LogP contribution < -0.4 is 0 Å². The van der Waals surface area contributed by atoms with Gasteiger partial charge in [-0.3, -0.25) is 0 Å². The Hall–Kier alpha value is -0.830. The first kappa shape index (κ1) is 7.80. The van der Waals surface area contributed by atoms with E-state index in [0.717, 1.165) is 24.8 Å². The minimum atomic E-state index is -1.24. The highest BCUT2D eigenvalue weighted by Gasteiger charge is 2.45.